The van der Waals surface area contributed by atoms with Crippen LogP contribution in [0.15, 0.2) is 65.7 Å². The van der Waals surface area contributed by atoms with Gasteiger partial charge in [-0.1, -0.05) is 18.2 Å². The zero-order valence-corrected chi connectivity index (χ0v) is 17.9. The quantitative estimate of drug-likeness (QED) is 0.382. The SMILES string of the molecule is CN/C(=C(/C)OC)N(C)C(Oc1cccc([OH+]C)c1)/C(C)=C\c1ccc(F)cc1. The van der Waals surface area contributed by atoms with Gasteiger partial charge in [-0.3, -0.25) is 0 Å². The average molecular weight is 402 g/mol. The first-order chi connectivity index (χ1) is 13.9. The van der Waals surface area contributed by atoms with E-state index in [0.29, 0.717) is 5.75 Å². The maximum absolute atomic E-state index is 13.3. The van der Waals surface area contributed by atoms with Gasteiger partial charge in [0, 0.05) is 20.2 Å². The van der Waals surface area contributed by atoms with Gasteiger partial charge in [-0.05, 0) is 49.2 Å². The molecular formula is C23H30FN2O3+. The van der Waals surface area contributed by atoms with Crippen molar-refractivity contribution in [3.05, 3.63) is 77.1 Å². The van der Waals surface area contributed by atoms with E-state index in [-0.39, 0.29) is 5.82 Å². The lowest BCUT2D eigenvalue weighted by atomic mass is 10.1. The molecule has 5 nitrogen and oxygen atoms in total. The largest absolute Gasteiger partial charge is 0.585 e. The van der Waals surface area contributed by atoms with Gasteiger partial charge in [0.1, 0.15) is 23.1 Å². The predicted molar refractivity (Wildman–Crippen MR) is 115 cm³/mol. The van der Waals surface area contributed by atoms with Crippen LogP contribution >= 0.6 is 0 Å². The summed E-state index contributed by atoms with van der Waals surface area (Å²) in [6.07, 6.45) is 1.55. The molecule has 156 valence electrons. The molecule has 0 fully saturated rings. The van der Waals surface area contributed by atoms with E-state index in [0.717, 1.165) is 28.5 Å². The maximum atomic E-state index is 13.3. The summed E-state index contributed by atoms with van der Waals surface area (Å²) in [5.74, 6) is 2.79. The van der Waals surface area contributed by atoms with Gasteiger partial charge in [-0.25, -0.2) is 4.39 Å². The minimum Gasteiger partial charge on any atom is -0.585 e. The number of aliphatic hydroxyl groups is 1. The van der Waals surface area contributed by atoms with Crippen molar-refractivity contribution in [2.24, 2.45) is 0 Å². The lowest BCUT2D eigenvalue weighted by Crippen LogP contribution is -2.41. The van der Waals surface area contributed by atoms with Crippen molar-refractivity contribution in [1.82, 2.24) is 10.2 Å². The summed E-state index contributed by atoms with van der Waals surface area (Å²) in [7, 11) is 7.13. The van der Waals surface area contributed by atoms with E-state index >= 15 is 0 Å². The minimum absolute atomic E-state index is 0.263. The standard InChI is InChI=1S/C23H29FN2O3/c1-16(14-18-10-12-19(24)13-11-18)23(26(4)22(25-3)17(2)27-5)29-21-9-7-8-20(15-21)28-6/h7-15,23,25H,1-6H3/p+1/b16-14-,22-17+. The van der Waals surface area contributed by atoms with Crippen LogP contribution < -0.4 is 10.1 Å². The van der Waals surface area contributed by atoms with Crippen LogP contribution in [0, 0.1) is 5.82 Å². The Labute approximate surface area is 172 Å². The molecular weight excluding hydrogens is 371 g/mol. The zero-order valence-electron chi connectivity index (χ0n) is 17.9. The number of nitrogens with one attached hydrogen (secondary N) is 1. The molecule has 1 unspecified atom stereocenters. The molecule has 0 heterocycles. The fourth-order valence-electron chi connectivity index (χ4n) is 3.01. The number of methoxy groups -OCH3 is 1. The number of likely N-dealkylation sites (N-methyl/N-ethyl adjacent to an activating group) is 1. The highest BCUT2D eigenvalue weighted by Gasteiger charge is 2.23. The van der Waals surface area contributed by atoms with E-state index < -0.39 is 6.23 Å². The van der Waals surface area contributed by atoms with Gasteiger partial charge in [0.2, 0.25) is 0 Å². The molecule has 0 amide bonds. The smallest absolute Gasteiger partial charge is 0.258 e. The minimum atomic E-state index is -0.431. The molecule has 2 aromatic carbocycles. The van der Waals surface area contributed by atoms with Gasteiger partial charge in [0.15, 0.2) is 13.3 Å². The summed E-state index contributed by atoms with van der Waals surface area (Å²) in [5.41, 5.74) is 1.83. The van der Waals surface area contributed by atoms with E-state index in [1.165, 1.54) is 12.1 Å². The molecule has 0 saturated heterocycles. The van der Waals surface area contributed by atoms with Gasteiger partial charge >= 0.3 is 0 Å². The number of rotatable bonds is 9. The Morgan fingerprint density at radius 1 is 1.17 bits per heavy atom. The zero-order chi connectivity index (χ0) is 21.4. The first-order valence-electron chi connectivity index (χ1n) is 9.35. The van der Waals surface area contributed by atoms with Crippen molar-refractivity contribution in [3.63, 3.8) is 0 Å². The molecule has 2 N–H and O–H groups in total. The van der Waals surface area contributed by atoms with Crippen LogP contribution in [0.3, 0.4) is 0 Å². The van der Waals surface area contributed by atoms with Crippen molar-refractivity contribution >= 4 is 6.08 Å². The Bertz CT molecular complexity index is 863. The van der Waals surface area contributed by atoms with E-state index in [9.17, 15) is 4.39 Å². The van der Waals surface area contributed by atoms with Crippen LogP contribution in [-0.2, 0) is 4.74 Å². The van der Waals surface area contributed by atoms with Crippen molar-refractivity contribution in [2.75, 3.05) is 28.3 Å². The molecule has 0 aromatic heterocycles. The number of allylic oxidation sites excluding steroid dienone is 1. The van der Waals surface area contributed by atoms with E-state index in [2.05, 4.69) is 10.1 Å². The molecule has 29 heavy (non-hydrogen) atoms. The molecule has 0 saturated carbocycles. The number of hydrogen-bond acceptors (Lipinski definition) is 4. The second-order valence-corrected chi connectivity index (χ2v) is 6.60. The van der Waals surface area contributed by atoms with Crippen molar-refractivity contribution < 1.29 is 18.6 Å². The Morgan fingerprint density at radius 2 is 1.86 bits per heavy atom. The van der Waals surface area contributed by atoms with Crippen LogP contribution in [0.5, 0.6) is 11.5 Å². The Kier molecular flexibility index (Phi) is 7.95. The van der Waals surface area contributed by atoms with Crippen LogP contribution in [0.1, 0.15) is 19.4 Å². The third-order valence-electron chi connectivity index (χ3n) is 4.56. The highest BCUT2D eigenvalue weighted by Crippen LogP contribution is 2.25. The topological polar surface area (TPSA) is 46.5 Å². The Hall–Kier alpha value is -3.15. The molecule has 6 heteroatoms. The first-order valence-corrected chi connectivity index (χ1v) is 9.35. The van der Waals surface area contributed by atoms with Gasteiger partial charge in [-0.15, -0.1) is 0 Å². The van der Waals surface area contributed by atoms with Crippen LogP contribution in [0.2, 0.25) is 0 Å². The number of aromatic hydroxyl groups is 1. The van der Waals surface area contributed by atoms with E-state index in [4.69, 9.17) is 9.47 Å². The second kappa shape index (κ2) is 10.4. The van der Waals surface area contributed by atoms with Gasteiger partial charge in [0.05, 0.1) is 13.2 Å². The fraction of sp³-hybridized carbons (Fsp3) is 0.304. The van der Waals surface area contributed by atoms with Gasteiger partial charge < -0.3 is 24.4 Å². The highest BCUT2D eigenvalue weighted by molar-refractivity contribution is 5.53. The number of ether oxygens (including phenoxy) is 3. The number of benzene rings is 2. The first kappa shape index (κ1) is 22.1. The molecule has 0 spiro atoms. The van der Waals surface area contributed by atoms with Crippen molar-refractivity contribution in [2.45, 2.75) is 20.1 Å². The number of halogens is 1. The van der Waals surface area contributed by atoms with Crippen LogP contribution in [-0.4, -0.2) is 44.2 Å². The molecule has 2 rings (SSSR count). The Balaban J connectivity index is 2.44. The lowest BCUT2D eigenvalue weighted by Gasteiger charge is -2.33. The predicted octanol–water partition coefficient (Wildman–Crippen LogP) is 4.49. The van der Waals surface area contributed by atoms with E-state index in [1.807, 2.05) is 63.2 Å². The van der Waals surface area contributed by atoms with Crippen LogP contribution in [0.4, 0.5) is 4.39 Å². The van der Waals surface area contributed by atoms with E-state index in [1.54, 1.807) is 26.4 Å². The summed E-state index contributed by atoms with van der Waals surface area (Å²) in [4.78, 5) is 1.96. The van der Waals surface area contributed by atoms with Gasteiger partial charge in [0.25, 0.3) is 5.75 Å². The molecule has 0 bridgehead atoms. The number of hydrogen-bond donors (Lipinski definition) is 1. The molecule has 0 aliphatic carbocycles. The van der Waals surface area contributed by atoms with Crippen molar-refractivity contribution in [1.29, 1.82) is 0 Å². The molecule has 0 radical (unpaired) electrons. The molecule has 1 atom stereocenters. The summed E-state index contributed by atoms with van der Waals surface area (Å²) < 4.78 is 29.2. The maximum Gasteiger partial charge on any atom is 0.258 e. The number of nitrogens with zero attached hydrogens (tertiary/aromatic N) is 1. The normalized spacial score (nSPS) is 13.3. The summed E-state index contributed by atoms with van der Waals surface area (Å²) in [6.45, 7) is 3.86. The van der Waals surface area contributed by atoms with Gasteiger partial charge in [-0.2, -0.15) is 0 Å². The summed E-state index contributed by atoms with van der Waals surface area (Å²) >= 11 is 0. The summed E-state index contributed by atoms with van der Waals surface area (Å²) in [5, 5.41) is 3.17. The molecule has 2 aromatic rings. The third kappa shape index (κ3) is 5.91. The van der Waals surface area contributed by atoms with Crippen LogP contribution in [0.25, 0.3) is 6.08 Å². The third-order valence-corrected chi connectivity index (χ3v) is 4.56. The second-order valence-electron chi connectivity index (χ2n) is 6.60. The highest BCUT2D eigenvalue weighted by atomic mass is 19.1. The molecule has 0 aliphatic heterocycles. The summed E-state index contributed by atoms with van der Waals surface area (Å²) in [6, 6.07) is 14.0. The monoisotopic (exact) mass is 401 g/mol. The molecule has 0 aliphatic rings. The fourth-order valence-corrected chi connectivity index (χ4v) is 3.01. The van der Waals surface area contributed by atoms with Crippen molar-refractivity contribution in [3.8, 4) is 11.5 Å². The Morgan fingerprint density at radius 3 is 2.45 bits per heavy atom. The lowest BCUT2D eigenvalue weighted by molar-refractivity contribution is 0.0886. The average Bonchev–Trinajstić information content (AvgIpc) is 2.73.